The third kappa shape index (κ3) is 2.42. The molecule has 0 radical (unpaired) electrons. The lowest BCUT2D eigenvalue weighted by molar-refractivity contribution is 0.0597. The monoisotopic (exact) mass is 212 g/mol. The fourth-order valence-corrected chi connectivity index (χ4v) is 1.89. The number of phenols is 1. The van der Waals surface area contributed by atoms with Gasteiger partial charge in [0.1, 0.15) is 5.75 Å². The second-order valence-corrected chi connectivity index (χ2v) is 3.91. The number of methoxy groups -OCH3 is 1. The second-order valence-electron chi connectivity index (χ2n) is 2.61. The summed E-state index contributed by atoms with van der Waals surface area (Å²) in [5.74, 6) is 0.627. The summed E-state index contributed by atoms with van der Waals surface area (Å²) in [4.78, 5) is 12.1. The third-order valence-electron chi connectivity index (χ3n) is 1.67. The zero-order valence-corrected chi connectivity index (χ0v) is 8.93. The average molecular weight is 212 g/mol. The fraction of sp³-hybridized carbons (Fsp3) is 0.300. The van der Waals surface area contributed by atoms with Gasteiger partial charge in [-0.15, -0.1) is 11.8 Å². The number of hydrogen-bond donors (Lipinski definition) is 1. The van der Waals surface area contributed by atoms with E-state index in [1.54, 1.807) is 12.1 Å². The lowest BCUT2D eigenvalue weighted by Crippen LogP contribution is -2.02. The number of esters is 1. The Labute approximate surface area is 87.1 Å². The Morgan fingerprint density at radius 1 is 1.57 bits per heavy atom. The predicted molar refractivity (Wildman–Crippen MR) is 55.8 cm³/mol. The van der Waals surface area contributed by atoms with Gasteiger partial charge in [-0.25, -0.2) is 4.79 Å². The number of carbonyl (C=O) groups is 1. The molecule has 0 aliphatic rings. The van der Waals surface area contributed by atoms with E-state index in [0.717, 1.165) is 10.6 Å². The van der Waals surface area contributed by atoms with E-state index in [2.05, 4.69) is 4.74 Å². The largest absolute Gasteiger partial charge is 0.508 e. The van der Waals surface area contributed by atoms with Crippen LogP contribution in [0.5, 0.6) is 5.75 Å². The van der Waals surface area contributed by atoms with Crippen molar-refractivity contribution in [3.05, 3.63) is 23.8 Å². The molecule has 1 aromatic carbocycles. The minimum absolute atomic E-state index is 0.161. The van der Waals surface area contributed by atoms with Crippen LogP contribution < -0.4 is 0 Å². The van der Waals surface area contributed by atoms with E-state index < -0.39 is 0 Å². The summed E-state index contributed by atoms with van der Waals surface area (Å²) in [5.41, 5.74) is 0.497. The van der Waals surface area contributed by atoms with Crippen LogP contribution in [0.3, 0.4) is 0 Å². The maximum absolute atomic E-state index is 11.3. The van der Waals surface area contributed by atoms with Crippen LogP contribution in [0.15, 0.2) is 23.1 Å². The lowest BCUT2D eigenvalue weighted by atomic mass is 10.2. The minimum atomic E-state index is -0.374. The number of carbonyl (C=O) groups excluding carboxylic acids is 1. The molecule has 4 heteroatoms. The Bertz CT molecular complexity index is 336. The number of ether oxygens (including phenoxy) is 1. The molecule has 0 aliphatic heterocycles. The van der Waals surface area contributed by atoms with Crippen LogP contribution in [0.2, 0.25) is 0 Å². The highest BCUT2D eigenvalue weighted by Crippen LogP contribution is 2.27. The Morgan fingerprint density at radius 2 is 2.29 bits per heavy atom. The zero-order valence-electron chi connectivity index (χ0n) is 8.11. The highest BCUT2D eigenvalue weighted by atomic mass is 32.2. The smallest absolute Gasteiger partial charge is 0.338 e. The molecule has 0 unspecified atom stereocenters. The summed E-state index contributed by atoms with van der Waals surface area (Å²) in [6, 6.07) is 4.62. The molecule has 0 heterocycles. The second kappa shape index (κ2) is 4.91. The van der Waals surface area contributed by atoms with E-state index in [1.807, 2.05) is 6.92 Å². The van der Waals surface area contributed by atoms with Crippen molar-refractivity contribution in [2.24, 2.45) is 0 Å². The summed E-state index contributed by atoms with van der Waals surface area (Å²) in [7, 11) is 1.34. The van der Waals surface area contributed by atoms with Crippen molar-refractivity contribution >= 4 is 17.7 Å². The number of hydrogen-bond acceptors (Lipinski definition) is 4. The number of aromatic hydroxyl groups is 1. The Hall–Kier alpha value is -1.16. The summed E-state index contributed by atoms with van der Waals surface area (Å²) in [6.45, 7) is 1.98. The van der Waals surface area contributed by atoms with E-state index in [4.69, 9.17) is 0 Å². The molecule has 0 saturated heterocycles. The number of thioether (sulfide) groups is 1. The van der Waals surface area contributed by atoms with Gasteiger partial charge in [0.05, 0.1) is 12.7 Å². The van der Waals surface area contributed by atoms with Gasteiger partial charge in [0.2, 0.25) is 0 Å². The van der Waals surface area contributed by atoms with Crippen molar-refractivity contribution in [2.75, 3.05) is 12.9 Å². The molecular weight excluding hydrogens is 200 g/mol. The van der Waals surface area contributed by atoms with Gasteiger partial charge in [-0.05, 0) is 24.0 Å². The first-order chi connectivity index (χ1) is 6.69. The van der Waals surface area contributed by atoms with Gasteiger partial charge in [-0.3, -0.25) is 0 Å². The van der Waals surface area contributed by atoms with Gasteiger partial charge in [0.15, 0.2) is 0 Å². The van der Waals surface area contributed by atoms with Crippen LogP contribution in [0, 0.1) is 0 Å². The molecule has 0 bridgehead atoms. The summed E-state index contributed by atoms with van der Waals surface area (Å²) < 4.78 is 4.63. The Kier molecular flexibility index (Phi) is 3.83. The predicted octanol–water partition coefficient (Wildman–Crippen LogP) is 2.29. The van der Waals surface area contributed by atoms with E-state index in [-0.39, 0.29) is 11.7 Å². The molecule has 3 nitrogen and oxygen atoms in total. The highest BCUT2D eigenvalue weighted by Gasteiger charge is 2.11. The first-order valence-electron chi connectivity index (χ1n) is 4.23. The summed E-state index contributed by atoms with van der Waals surface area (Å²) in [6.07, 6.45) is 0. The van der Waals surface area contributed by atoms with Crippen LogP contribution >= 0.6 is 11.8 Å². The molecule has 0 aliphatic carbocycles. The molecule has 76 valence electrons. The molecular formula is C10H12O3S. The minimum Gasteiger partial charge on any atom is -0.508 e. The van der Waals surface area contributed by atoms with E-state index >= 15 is 0 Å². The van der Waals surface area contributed by atoms with Crippen molar-refractivity contribution in [3.63, 3.8) is 0 Å². The third-order valence-corrected chi connectivity index (χ3v) is 2.61. The molecule has 1 aromatic rings. The first-order valence-corrected chi connectivity index (χ1v) is 5.21. The highest BCUT2D eigenvalue weighted by molar-refractivity contribution is 7.99. The van der Waals surface area contributed by atoms with Crippen LogP contribution in [-0.2, 0) is 4.74 Å². The summed E-state index contributed by atoms with van der Waals surface area (Å²) in [5, 5.41) is 9.25. The van der Waals surface area contributed by atoms with Gasteiger partial charge < -0.3 is 9.84 Å². The molecule has 0 fully saturated rings. The van der Waals surface area contributed by atoms with Gasteiger partial charge >= 0.3 is 5.97 Å². The lowest BCUT2D eigenvalue weighted by Gasteiger charge is -2.06. The average Bonchev–Trinajstić information content (AvgIpc) is 2.17. The molecule has 0 amide bonds. The SMILES string of the molecule is CCSc1cc(O)ccc1C(=O)OC. The van der Waals surface area contributed by atoms with Crippen LogP contribution in [0.1, 0.15) is 17.3 Å². The molecule has 0 aromatic heterocycles. The van der Waals surface area contributed by atoms with Gasteiger partial charge in [-0.2, -0.15) is 0 Å². The summed E-state index contributed by atoms with van der Waals surface area (Å²) >= 11 is 1.50. The molecule has 0 saturated carbocycles. The van der Waals surface area contributed by atoms with E-state index in [9.17, 15) is 9.90 Å². The van der Waals surface area contributed by atoms with Crippen molar-refractivity contribution in [3.8, 4) is 5.75 Å². The Morgan fingerprint density at radius 3 is 2.86 bits per heavy atom. The molecule has 0 spiro atoms. The van der Waals surface area contributed by atoms with Crippen molar-refractivity contribution in [2.45, 2.75) is 11.8 Å². The first kappa shape index (κ1) is 10.9. The van der Waals surface area contributed by atoms with Crippen molar-refractivity contribution in [1.29, 1.82) is 0 Å². The molecule has 1 N–H and O–H groups in total. The van der Waals surface area contributed by atoms with Crippen molar-refractivity contribution in [1.82, 2.24) is 0 Å². The number of rotatable bonds is 3. The molecule has 0 atom stereocenters. The van der Waals surface area contributed by atoms with Gasteiger partial charge in [0, 0.05) is 4.90 Å². The fourth-order valence-electron chi connectivity index (χ4n) is 1.06. The quantitative estimate of drug-likeness (QED) is 0.617. The maximum atomic E-state index is 11.3. The van der Waals surface area contributed by atoms with E-state index in [0.29, 0.717) is 5.56 Å². The van der Waals surface area contributed by atoms with Crippen LogP contribution in [-0.4, -0.2) is 23.9 Å². The topological polar surface area (TPSA) is 46.5 Å². The van der Waals surface area contributed by atoms with Gasteiger partial charge in [-0.1, -0.05) is 6.92 Å². The number of phenolic OH excluding ortho intramolecular Hbond substituents is 1. The van der Waals surface area contributed by atoms with Crippen molar-refractivity contribution < 1.29 is 14.6 Å². The number of benzene rings is 1. The van der Waals surface area contributed by atoms with Gasteiger partial charge in [0.25, 0.3) is 0 Å². The normalized spacial score (nSPS) is 9.86. The van der Waals surface area contributed by atoms with E-state index in [1.165, 1.54) is 24.9 Å². The zero-order chi connectivity index (χ0) is 10.6. The Balaban J connectivity index is 3.07. The van der Waals surface area contributed by atoms with Crippen LogP contribution in [0.4, 0.5) is 0 Å². The molecule has 1 rings (SSSR count). The van der Waals surface area contributed by atoms with Crippen LogP contribution in [0.25, 0.3) is 0 Å². The standard InChI is InChI=1S/C10H12O3S/c1-3-14-9-6-7(11)4-5-8(9)10(12)13-2/h4-6,11H,3H2,1-2H3. The molecule has 14 heavy (non-hydrogen) atoms. The maximum Gasteiger partial charge on any atom is 0.338 e.